The first-order valence-corrected chi connectivity index (χ1v) is 10.6. The van der Waals surface area contributed by atoms with Crippen LogP contribution in [-0.4, -0.2) is 48.7 Å². The summed E-state index contributed by atoms with van der Waals surface area (Å²) in [5, 5.41) is 10.8. The minimum absolute atomic E-state index is 0.117. The van der Waals surface area contributed by atoms with Gasteiger partial charge in [-0.25, -0.2) is 13.4 Å². The molecule has 0 bridgehead atoms. The minimum atomic E-state index is -3.37. The van der Waals surface area contributed by atoms with Gasteiger partial charge in [-0.3, -0.25) is 4.79 Å². The summed E-state index contributed by atoms with van der Waals surface area (Å²) >= 11 is 1.26. The molecule has 1 fully saturated rings. The monoisotopic (exact) mass is 380 g/mol. The molecule has 1 atom stereocenters. The van der Waals surface area contributed by atoms with E-state index in [1.165, 1.54) is 29.7 Å². The van der Waals surface area contributed by atoms with Crippen LogP contribution in [0.15, 0.2) is 35.4 Å². The van der Waals surface area contributed by atoms with E-state index in [1.54, 1.807) is 12.1 Å². The third-order valence-corrected chi connectivity index (χ3v) is 6.74. The molecule has 6 nitrogen and oxygen atoms in total. The molecule has 0 radical (unpaired) electrons. The van der Waals surface area contributed by atoms with Crippen LogP contribution >= 0.6 is 11.3 Å². The Morgan fingerprint density at radius 2 is 2.12 bits per heavy atom. The average Bonchev–Trinajstić information content (AvgIpc) is 3.11. The van der Waals surface area contributed by atoms with Gasteiger partial charge in [-0.05, 0) is 32.4 Å². The highest BCUT2D eigenvalue weighted by molar-refractivity contribution is 7.90. The molecule has 0 saturated carbocycles. The van der Waals surface area contributed by atoms with Gasteiger partial charge in [0.25, 0.3) is 0 Å². The van der Waals surface area contributed by atoms with Gasteiger partial charge in [0.05, 0.1) is 27.6 Å². The molecule has 1 aromatic heterocycles. The van der Waals surface area contributed by atoms with Crippen molar-refractivity contribution in [3.63, 3.8) is 0 Å². The van der Waals surface area contributed by atoms with Crippen LogP contribution in [0.5, 0.6) is 0 Å². The first-order chi connectivity index (χ1) is 11.6. The van der Waals surface area contributed by atoms with Gasteiger partial charge in [0.1, 0.15) is 0 Å². The summed E-state index contributed by atoms with van der Waals surface area (Å²) in [5.41, 5.74) is -0.118. The van der Waals surface area contributed by atoms with Gasteiger partial charge >= 0.3 is 0 Å². The summed E-state index contributed by atoms with van der Waals surface area (Å²) in [4.78, 5) is 19.6. The summed E-state index contributed by atoms with van der Waals surface area (Å²) < 4.78 is 23.3. The van der Waals surface area contributed by atoms with E-state index in [1.807, 2.05) is 18.7 Å². The summed E-state index contributed by atoms with van der Waals surface area (Å²) in [6.45, 7) is 4.57. The fourth-order valence-corrected chi connectivity index (χ4v) is 4.64. The standard InChI is InChI=1S/C17H20N2O4S2/c1-17(2)14(20)7-8-19(17)16-18-10-13(24-16)15(21)11-5-4-6-12(9-11)25(3,22)23/h4-6,9-10,14,20H,7-8H2,1-3H3. The van der Waals surface area contributed by atoms with Crippen LogP contribution in [-0.2, 0) is 9.84 Å². The van der Waals surface area contributed by atoms with Crippen molar-refractivity contribution in [1.29, 1.82) is 0 Å². The van der Waals surface area contributed by atoms with Crippen molar-refractivity contribution in [2.75, 3.05) is 17.7 Å². The summed E-state index contributed by atoms with van der Waals surface area (Å²) in [7, 11) is -3.37. The molecule has 1 N–H and O–H groups in total. The molecule has 1 aliphatic rings. The summed E-state index contributed by atoms with van der Waals surface area (Å²) in [6, 6.07) is 6.02. The van der Waals surface area contributed by atoms with Crippen molar-refractivity contribution in [2.24, 2.45) is 0 Å². The number of rotatable bonds is 4. The Balaban J connectivity index is 1.89. The molecule has 2 aromatic rings. The SMILES string of the molecule is CC1(C)C(O)CCN1c1ncc(C(=O)c2cccc(S(C)(=O)=O)c2)s1. The second kappa shape index (κ2) is 6.19. The number of hydrogen-bond donors (Lipinski definition) is 1. The molecule has 134 valence electrons. The van der Waals surface area contributed by atoms with Gasteiger partial charge in [-0.15, -0.1) is 0 Å². The van der Waals surface area contributed by atoms with Crippen molar-refractivity contribution in [1.82, 2.24) is 4.98 Å². The molecule has 1 unspecified atom stereocenters. The topological polar surface area (TPSA) is 87.6 Å². The second-order valence-electron chi connectivity index (χ2n) is 6.75. The van der Waals surface area contributed by atoms with E-state index in [2.05, 4.69) is 4.98 Å². The molecule has 1 saturated heterocycles. The van der Waals surface area contributed by atoms with Crippen LogP contribution < -0.4 is 4.90 Å². The molecule has 1 aromatic carbocycles. The number of thiazole rings is 1. The highest BCUT2D eigenvalue weighted by atomic mass is 32.2. The predicted octanol–water partition coefficient (Wildman–Crippen LogP) is 2.13. The lowest BCUT2D eigenvalue weighted by Crippen LogP contribution is -2.45. The Labute approximate surface area is 151 Å². The first-order valence-electron chi connectivity index (χ1n) is 7.87. The van der Waals surface area contributed by atoms with Crippen LogP contribution in [0, 0.1) is 0 Å². The molecule has 0 amide bonds. The zero-order chi connectivity index (χ0) is 18.4. The van der Waals surface area contributed by atoms with Crippen LogP contribution in [0.4, 0.5) is 5.13 Å². The Morgan fingerprint density at radius 1 is 1.40 bits per heavy atom. The van der Waals surface area contributed by atoms with E-state index in [0.29, 0.717) is 28.5 Å². The Kier molecular flexibility index (Phi) is 4.47. The number of carbonyl (C=O) groups excluding carboxylic acids is 1. The minimum Gasteiger partial charge on any atom is -0.391 e. The zero-order valence-corrected chi connectivity index (χ0v) is 15.9. The molecule has 2 heterocycles. The van der Waals surface area contributed by atoms with Crippen molar-refractivity contribution in [3.05, 3.63) is 40.9 Å². The maximum Gasteiger partial charge on any atom is 0.204 e. The molecular weight excluding hydrogens is 360 g/mol. The Bertz CT molecular complexity index is 918. The number of benzene rings is 1. The van der Waals surface area contributed by atoms with Crippen molar-refractivity contribution in [2.45, 2.75) is 36.8 Å². The molecule has 0 aliphatic carbocycles. The average molecular weight is 380 g/mol. The van der Waals surface area contributed by atoms with Crippen molar-refractivity contribution in [3.8, 4) is 0 Å². The van der Waals surface area contributed by atoms with Crippen LogP contribution in [0.2, 0.25) is 0 Å². The lowest BCUT2D eigenvalue weighted by atomic mass is 9.99. The maximum atomic E-state index is 12.7. The van der Waals surface area contributed by atoms with E-state index >= 15 is 0 Å². The Morgan fingerprint density at radius 3 is 2.72 bits per heavy atom. The fourth-order valence-electron chi connectivity index (χ4n) is 2.92. The number of nitrogens with zero attached hydrogens (tertiary/aromatic N) is 2. The Hall–Kier alpha value is -1.77. The molecular formula is C17H20N2O4S2. The summed E-state index contributed by atoms with van der Waals surface area (Å²) in [5.74, 6) is -0.258. The van der Waals surface area contributed by atoms with Gasteiger partial charge in [-0.1, -0.05) is 23.5 Å². The highest BCUT2D eigenvalue weighted by Crippen LogP contribution is 2.36. The zero-order valence-electron chi connectivity index (χ0n) is 14.3. The molecule has 0 spiro atoms. The van der Waals surface area contributed by atoms with Crippen molar-refractivity contribution >= 4 is 32.1 Å². The third-order valence-electron chi connectivity index (χ3n) is 4.61. The van der Waals surface area contributed by atoms with E-state index < -0.39 is 21.5 Å². The number of carbonyl (C=O) groups is 1. The molecule has 3 rings (SSSR count). The lowest BCUT2D eigenvalue weighted by molar-refractivity contribution is 0.104. The number of anilines is 1. The molecule has 1 aliphatic heterocycles. The van der Waals surface area contributed by atoms with Gasteiger partial charge in [0.2, 0.25) is 5.78 Å². The number of aliphatic hydroxyl groups excluding tert-OH is 1. The quantitative estimate of drug-likeness (QED) is 0.818. The smallest absolute Gasteiger partial charge is 0.204 e. The molecule has 8 heteroatoms. The highest BCUT2D eigenvalue weighted by Gasteiger charge is 2.41. The summed E-state index contributed by atoms with van der Waals surface area (Å²) in [6.07, 6.45) is 2.84. The van der Waals surface area contributed by atoms with Gasteiger partial charge in [0.15, 0.2) is 15.0 Å². The maximum absolute atomic E-state index is 12.7. The normalized spacial score (nSPS) is 20.0. The van der Waals surface area contributed by atoms with E-state index in [-0.39, 0.29) is 10.7 Å². The van der Waals surface area contributed by atoms with Gasteiger partial charge < -0.3 is 10.0 Å². The van der Waals surface area contributed by atoms with Crippen LogP contribution in [0.25, 0.3) is 0 Å². The second-order valence-corrected chi connectivity index (χ2v) is 9.77. The number of aromatic nitrogens is 1. The van der Waals surface area contributed by atoms with E-state index in [9.17, 15) is 18.3 Å². The number of ketones is 1. The van der Waals surface area contributed by atoms with Crippen LogP contribution in [0.1, 0.15) is 35.5 Å². The largest absolute Gasteiger partial charge is 0.391 e. The number of aliphatic hydroxyl groups is 1. The van der Waals surface area contributed by atoms with E-state index in [0.717, 1.165) is 6.26 Å². The first kappa shape index (κ1) is 18.0. The van der Waals surface area contributed by atoms with Gasteiger partial charge in [0, 0.05) is 18.4 Å². The lowest BCUT2D eigenvalue weighted by Gasteiger charge is -2.33. The third kappa shape index (κ3) is 3.33. The fraction of sp³-hybridized carbons (Fsp3) is 0.412. The number of sulfone groups is 1. The molecule has 25 heavy (non-hydrogen) atoms. The number of hydrogen-bond acceptors (Lipinski definition) is 7. The van der Waals surface area contributed by atoms with Gasteiger partial charge in [-0.2, -0.15) is 0 Å². The predicted molar refractivity (Wildman–Crippen MR) is 97.1 cm³/mol. The van der Waals surface area contributed by atoms with E-state index in [4.69, 9.17) is 0 Å². The van der Waals surface area contributed by atoms with Crippen LogP contribution in [0.3, 0.4) is 0 Å². The van der Waals surface area contributed by atoms with Crippen molar-refractivity contribution < 1.29 is 18.3 Å².